The van der Waals surface area contributed by atoms with Crippen LogP contribution in [0.4, 0.5) is 15.8 Å². The number of likely N-dealkylation sites (tertiary alicyclic amines) is 1. The number of hydrogen-bond donors (Lipinski definition) is 2. The molecule has 1 saturated heterocycles. The third-order valence-electron chi connectivity index (χ3n) is 8.75. The van der Waals surface area contributed by atoms with E-state index in [4.69, 9.17) is 11.6 Å². The zero-order chi connectivity index (χ0) is 28.8. The second-order valence-electron chi connectivity index (χ2n) is 11.1. The number of nitrogens with one attached hydrogen (secondary N) is 2. The Balaban J connectivity index is 1.41. The molecule has 3 fully saturated rings. The molecule has 5 unspecified atom stereocenters. The second-order valence-corrected chi connectivity index (χ2v) is 14.9. The highest BCUT2D eigenvalue weighted by atomic mass is 35.5. The van der Waals surface area contributed by atoms with Crippen molar-refractivity contribution < 1.29 is 30.8 Å². The minimum Gasteiger partial charge on any atom is -0.341 e. The molecule has 2 aliphatic heterocycles. The summed E-state index contributed by atoms with van der Waals surface area (Å²) < 4.78 is 69.5. The van der Waals surface area contributed by atoms with Crippen LogP contribution >= 0.6 is 11.6 Å². The number of ketones is 1. The van der Waals surface area contributed by atoms with E-state index in [1.54, 1.807) is 4.90 Å². The first kappa shape index (κ1) is 27.2. The molecule has 40 heavy (non-hydrogen) atoms. The lowest BCUT2D eigenvalue weighted by Gasteiger charge is -2.53. The number of amides is 1. The molecule has 2 aliphatic carbocycles. The molecule has 2 bridgehead atoms. The molecule has 0 radical (unpaired) electrons. The predicted octanol–water partition coefficient (Wildman–Crippen LogP) is 3.40. The lowest BCUT2D eigenvalue weighted by molar-refractivity contribution is -0.162. The van der Waals surface area contributed by atoms with Crippen molar-refractivity contribution in [3.63, 3.8) is 0 Å². The van der Waals surface area contributed by atoms with Gasteiger partial charge in [0.25, 0.3) is 10.0 Å². The number of piperidine rings is 1. The van der Waals surface area contributed by atoms with Crippen LogP contribution in [0.2, 0.25) is 5.02 Å². The van der Waals surface area contributed by atoms with Gasteiger partial charge < -0.3 is 10.2 Å². The van der Waals surface area contributed by atoms with E-state index in [0.29, 0.717) is 5.56 Å². The minimum atomic E-state index is -4.40. The number of nitrogens with zero attached hydrogens (tertiary/aromatic N) is 2. The molecule has 6 rings (SSSR count). The Kier molecular flexibility index (Phi) is 6.10. The van der Waals surface area contributed by atoms with Gasteiger partial charge in [0.15, 0.2) is 11.7 Å². The van der Waals surface area contributed by atoms with Crippen LogP contribution in [0.5, 0.6) is 0 Å². The number of carbonyl (C=O) groups excluding carboxylic acids is 2. The van der Waals surface area contributed by atoms with Crippen molar-refractivity contribution in [2.75, 3.05) is 16.3 Å². The van der Waals surface area contributed by atoms with Gasteiger partial charge in [0, 0.05) is 23.2 Å². The van der Waals surface area contributed by atoms with E-state index < -0.39 is 49.1 Å². The fraction of sp³-hybridized carbons (Fsp3) is 0.423. The number of sulfonamides is 2. The molecule has 0 aromatic heterocycles. The van der Waals surface area contributed by atoms with Crippen LogP contribution in [0, 0.1) is 29.5 Å². The van der Waals surface area contributed by atoms with E-state index in [0.717, 1.165) is 37.7 Å². The molecule has 1 amide bonds. The van der Waals surface area contributed by atoms with Crippen molar-refractivity contribution in [3.8, 4) is 0 Å². The van der Waals surface area contributed by atoms with E-state index in [-0.39, 0.29) is 51.3 Å². The highest BCUT2D eigenvalue weighted by Crippen LogP contribution is 2.60. The van der Waals surface area contributed by atoms with Crippen molar-refractivity contribution in [2.45, 2.75) is 43.2 Å². The van der Waals surface area contributed by atoms with Gasteiger partial charge in [-0.15, -0.1) is 4.40 Å². The van der Waals surface area contributed by atoms with E-state index >= 15 is 0 Å². The van der Waals surface area contributed by atoms with Crippen LogP contribution in [0.3, 0.4) is 0 Å². The highest BCUT2D eigenvalue weighted by molar-refractivity contribution is 7.92. The fourth-order valence-electron chi connectivity index (χ4n) is 7.09. The Morgan fingerprint density at radius 3 is 2.65 bits per heavy atom. The standard InChI is InChI=1S/C26H26ClFN4O6S2/c1-26-15-5-3-13(9-15)22(26)23(33)21(25(34)32(26)12-14-4-6-16(28)10-18(14)27)24-29-19-8-7-17(30-39(2,35)36)11-20(19)40(37,38)31-24/h4,6-8,10-11,13,15,21-22,30H,3,5,9,12H2,1-2H3,(H,29,31). The summed E-state index contributed by atoms with van der Waals surface area (Å²) in [7, 11) is -8.06. The molecule has 10 nitrogen and oxygen atoms in total. The average Bonchev–Trinajstić information content (AvgIpc) is 3.43. The number of carbonyl (C=O) groups is 2. The van der Waals surface area contributed by atoms with Crippen molar-refractivity contribution in [3.05, 3.63) is 52.8 Å². The zero-order valence-electron chi connectivity index (χ0n) is 21.5. The summed E-state index contributed by atoms with van der Waals surface area (Å²) in [4.78, 5) is 29.5. The van der Waals surface area contributed by atoms with Gasteiger partial charge in [0.1, 0.15) is 16.5 Å². The van der Waals surface area contributed by atoms with E-state index in [1.165, 1.54) is 24.3 Å². The average molecular weight is 609 g/mol. The molecular weight excluding hydrogens is 583 g/mol. The van der Waals surface area contributed by atoms with Gasteiger partial charge >= 0.3 is 0 Å². The van der Waals surface area contributed by atoms with Crippen molar-refractivity contribution in [2.24, 2.45) is 28.1 Å². The van der Waals surface area contributed by atoms with E-state index in [1.807, 2.05) is 6.92 Å². The van der Waals surface area contributed by atoms with Crippen molar-refractivity contribution in [1.82, 2.24) is 4.90 Å². The molecule has 212 valence electrons. The molecular formula is C26H26ClFN4O6S2. The van der Waals surface area contributed by atoms with Crippen LogP contribution < -0.4 is 10.0 Å². The topological polar surface area (TPSA) is 142 Å². The first-order valence-corrected chi connectivity index (χ1v) is 16.4. The molecule has 5 atom stereocenters. The van der Waals surface area contributed by atoms with Crippen LogP contribution in [-0.4, -0.2) is 51.1 Å². The molecule has 14 heteroatoms. The summed E-state index contributed by atoms with van der Waals surface area (Å²) in [6, 6.07) is 7.76. The highest BCUT2D eigenvalue weighted by Gasteiger charge is 2.67. The van der Waals surface area contributed by atoms with Gasteiger partial charge in [-0.1, -0.05) is 17.7 Å². The number of halogens is 2. The van der Waals surface area contributed by atoms with Crippen molar-refractivity contribution in [1.29, 1.82) is 0 Å². The Labute approximate surface area is 236 Å². The number of benzene rings is 2. The summed E-state index contributed by atoms with van der Waals surface area (Å²) in [6.45, 7) is 1.93. The normalized spacial score (nSPS) is 30.4. The summed E-state index contributed by atoms with van der Waals surface area (Å²) in [5.74, 6) is -3.68. The summed E-state index contributed by atoms with van der Waals surface area (Å²) in [6.07, 6.45) is 3.41. The van der Waals surface area contributed by atoms with Gasteiger partial charge in [-0.3, -0.25) is 14.3 Å². The number of Topliss-reactive ketones (excluding diaryl/α,β-unsaturated/α-hetero) is 1. The zero-order valence-corrected chi connectivity index (χ0v) is 23.9. The Morgan fingerprint density at radius 1 is 1.20 bits per heavy atom. The summed E-state index contributed by atoms with van der Waals surface area (Å²) in [5, 5.41) is 3.01. The SMILES string of the molecule is CC12C3CCC(C3)C1C(=O)C(C1=NS(=O)(=O)c3cc(NS(C)(=O)=O)ccc3N1)C(=O)N2Cc1ccc(F)cc1Cl. The minimum absolute atomic E-state index is 0.0229. The molecule has 4 aliphatic rings. The maximum absolute atomic E-state index is 14.2. The van der Waals surface area contributed by atoms with E-state index in [2.05, 4.69) is 14.4 Å². The van der Waals surface area contributed by atoms with Crippen molar-refractivity contribution >= 4 is 60.5 Å². The monoisotopic (exact) mass is 608 g/mol. The van der Waals surface area contributed by atoms with Gasteiger partial charge in [-0.25, -0.2) is 12.8 Å². The molecule has 2 saturated carbocycles. The van der Waals surface area contributed by atoms with Gasteiger partial charge in [0.2, 0.25) is 15.9 Å². The first-order chi connectivity index (χ1) is 18.7. The smallest absolute Gasteiger partial charge is 0.286 e. The Hall–Kier alpha value is -3.03. The number of rotatable bonds is 5. The third kappa shape index (κ3) is 4.20. The van der Waals surface area contributed by atoms with Gasteiger partial charge in [-0.2, -0.15) is 8.42 Å². The Bertz CT molecular complexity index is 1730. The second kappa shape index (κ2) is 8.98. The molecule has 2 heterocycles. The summed E-state index contributed by atoms with van der Waals surface area (Å²) in [5.41, 5.74) is -0.201. The maximum atomic E-state index is 14.2. The lowest BCUT2D eigenvalue weighted by Crippen LogP contribution is -2.67. The van der Waals surface area contributed by atoms with Gasteiger partial charge in [-0.05, 0) is 73.9 Å². The molecule has 2 aromatic carbocycles. The predicted molar refractivity (Wildman–Crippen MR) is 146 cm³/mol. The Morgan fingerprint density at radius 2 is 1.95 bits per heavy atom. The third-order valence-corrected chi connectivity index (χ3v) is 11.0. The van der Waals surface area contributed by atoms with Gasteiger partial charge in [0.05, 0.1) is 17.5 Å². The number of hydrogen-bond acceptors (Lipinski definition) is 7. The first-order valence-electron chi connectivity index (χ1n) is 12.7. The quantitative estimate of drug-likeness (QED) is 0.496. The number of fused-ring (bicyclic) bond motifs is 6. The molecule has 2 aromatic rings. The molecule has 2 N–H and O–H groups in total. The van der Waals surface area contributed by atoms with Crippen LogP contribution in [-0.2, 0) is 36.2 Å². The van der Waals surface area contributed by atoms with Crippen LogP contribution in [0.25, 0.3) is 0 Å². The number of anilines is 2. The number of amidine groups is 1. The molecule has 0 spiro atoms. The van der Waals surface area contributed by atoms with Crippen LogP contribution in [0.1, 0.15) is 31.7 Å². The summed E-state index contributed by atoms with van der Waals surface area (Å²) >= 11 is 6.32. The largest absolute Gasteiger partial charge is 0.341 e. The van der Waals surface area contributed by atoms with Crippen LogP contribution in [0.15, 0.2) is 45.7 Å². The lowest BCUT2D eigenvalue weighted by atomic mass is 9.65. The van der Waals surface area contributed by atoms with E-state index in [9.17, 15) is 30.8 Å². The fourth-order valence-corrected chi connectivity index (χ4v) is 9.05. The maximum Gasteiger partial charge on any atom is 0.286 e.